The number of imide groups is 1. The van der Waals surface area contributed by atoms with Crippen molar-refractivity contribution in [3.8, 4) is 0 Å². The second-order valence-electron chi connectivity index (χ2n) is 6.95. The maximum Gasteiger partial charge on any atom is 0.238 e. The fourth-order valence-corrected chi connectivity index (χ4v) is 4.75. The molecule has 0 N–H and O–H groups in total. The highest BCUT2D eigenvalue weighted by Crippen LogP contribution is 2.53. The quantitative estimate of drug-likeness (QED) is 0.584. The molecule has 0 spiro atoms. The normalized spacial score (nSPS) is 33.9. The van der Waals surface area contributed by atoms with E-state index in [1.165, 1.54) is 4.90 Å². The molecule has 0 aromatic heterocycles. The summed E-state index contributed by atoms with van der Waals surface area (Å²) < 4.78 is 0. The van der Waals surface area contributed by atoms with Gasteiger partial charge in [-0.15, -0.1) is 0 Å². The van der Waals surface area contributed by atoms with Crippen LogP contribution in [0.25, 0.3) is 0 Å². The monoisotopic (exact) mass is 308 g/mol. The Morgan fingerprint density at radius 3 is 2.30 bits per heavy atom. The van der Waals surface area contributed by atoms with Crippen LogP contribution in [0.1, 0.15) is 12.0 Å². The number of amides is 3. The highest BCUT2D eigenvalue weighted by atomic mass is 16.2. The molecule has 23 heavy (non-hydrogen) atoms. The zero-order chi connectivity index (χ0) is 15.9. The van der Waals surface area contributed by atoms with E-state index in [1.54, 1.807) is 18.0 Å². The number of likely N-dealkylation sites (N-methyl/N-ethyl adjacent to an activating group) is 1. The Morgan fingerprint density at radius 1 is 1.00 bits per heavy atom. The standard InChI is InChI=1S/C18H16N2O3/c1-19-13-5-4-12(7-11(13)8-14(19)21)20-17(22)15-9-2-3-10(6-9)16(15)18(20)23/h2-5,7,9-10,15-16H,6,8H2,1H3/t9-,10+,15-,16+. The largest absolute Gasteiger partial charge is 0.315 e. The molecule has 4 aliphatic rings. The summed E-state index contributed by atoms with van der Waals surface area (Å²) in [6, 6.07) is 5.43. The van der Waals surface area contributed by atoms with Gasteiger partial charge < -0.3 is 4.90 Å². The first-order chi connectivity index (χ1) is 11.1. The Kier molecular flexibility index (Phi) is 2.33. The third kappa shape index (κ3) is 1.49. The fourth-order valence-electron chi connectivity index (χ4n) is 4.75. The number of rotatable bonds is 1. The molecule has 1 saturated carbocycles. The number of benzene rings is 1. The highest BCUT2D eigenvalue weighted by Gasteiger charge is 2.59. The number of hydrogen-bond donors (Lipinski definition) is 0. The van der Waals surface area contributed by atoms with E-state index < -0.39 is 0 Å². The Morgan fingerprint density at radius 2 is 1.65 bits per heavy atom. The first-order valence-electron chi connectivity index (χ1n) is 8.02. The topological polar surface area (TPSA) is 57.7 Å². The molecule has 5 rings (SSSR count). The molecule has 5 heteroatoms. The molecular weight excluding hydrogens is 292 g/mol. The molecule has 0 unspecified atom stereocenters. The lowest BCUT2D eigenvalue weighted by molar-refractivity contribution is -0.123. The summed E-state index contributed by atoms with van der Waals surface area (Å²) in [4.78, 5) is 40.4. The summed E-state index contributed by atoms with van der Waals surface area (Å²) in [6.07, 6.45) is 5.45. The average Bonchev–Trinajstić information content (AvgIpc) is 3.25. The van der Waals surface area contributed by atoms with Crippen LogP contribution in [0.5, 0.6) is 0 Å². The second-order valence-corrected chi connectivity index (χ2v) is 6.95. The Labute approximate surface area is 133 Å². The van der Waals surface area contributed by atoms with Crippen LogP contribution in [-0.4, -0.2) is 24.8 Å². The Balaban J connectivity index is 1.54. The molecular formula is C18H16N2O3. The van der Waals surface area contributed by atoms with E-state index in [0.29, 0.717) is 12.1 Å². The molecule has 2 aliphatic carbocycles. The summed E-state index contributed by atoms with van der Waals surface area (Å²) in [7, 11) is 1.74. The van der Waals surface area contributed by atoms with Crippen molar-refractivity contribution in [1.29, 1.82) is 0 Å². The van der Waals surface area contributed by atoms with Crippen LogP contribution >= 0.6 is 0 Å². The van der Waals surface area contributed by atoms with Gasteiger partial charge in [-0.2, -0.15) is 0 Å². The Hall–Kier alpha value is -2.43. The fraction of sp³-hybridized carbons (Fsp3) is 0.389. The van der Waals surface area contributed by atoms with Gasteiger partial charge in [0, 0.05) is 12.7 Å². The minimum atomic E-state index is -0.185. The van der Waals surface area contributed by atoms with Gasteiger partial charge >= 0.3 is 0 Å². The van der Waals surface area contributed by atoms with E-state index in [-0.39, 0.29) is 41.4 Å². The van der Waals surface area contributed by atoms with Gasteiger partial charge in [0.25, 0.3) is 0 Å². The van der Waals surface area contributed by atoms with Gasteiger partial charge in [0.05, 0.1) is 23.9 Å². The zero-order valence-electron chi connectivity index (χ0n) is 12.7. The van der Waals surface area contributed by atoms with Crippen LogP contribution < -0.4 is 9.80 Å². The molecule has 3 amide bonds. The number of anilines is 2. The average molecular weight is 308 g/mol. The number of carbonyl (C=O) groups excluding carboxylic acids is 3. The maximum absolute atomic E-state index is 12.8. The van der Waals surface area contributed by atoms with Crippen molar-refractivity contribution in [1.82, 2.24) is 0 Å². The highest BCUT2D eigenvalue weighted by molar-refractivity contribution is 6.23. The van der Waals surface area contributed by atoms with Gasteiger partial charge in [-0.3, -0.25) is 19.3 Å². The van der Waals surface area contributed by atoms with Crippen molar-refractivity contribution in [3.05, 3.63) is 35.9 Å². The number of allylic oxidation sites excluding steroid dienone is 2. The van der Waals surface area contributed by atoms with Crippen LogP contribution in [0.2, 0.25) is 0 Å². The van der Waals surface area contributed by atoms with Crippen molar-refractivity contribution < 1.29 is 14.4 Å². The molecule has 4 atom stereocenters. The first-order valence-corrected chi connectivity index (χ1v) is 8.02. The molecule has 2 fully saturated rings. The van der Waals surface area contributed by atoms with Gasteiger partial charge in [-0.25, -0.2) is 0 Å². The predicted molar refractivity (Wildman–Crippen MR) is 83.8 cm³/mol. The third-order valence-corrected chi connectivity index (χ3v) is 5.87. The van der Waals surface area contributed by atoms with E-state index in [4.69, 9.17) is 0 Å². The van der Waals surface area contributed by atoms with Gasteiger partial charge in [-0.05, 0) is 42.0 Å². The minimum Gasteiger partial charge on any atom is -0.315 e. The van der Waals surface area contributed by atoms with Gasteiger partial charge in [0.15, 0.2) is 0 Å². The number of hydrogen-bond acceptors (Lipinski definition) is 3. The smallest absolute Gasteiger partial charge is 0.238 e. The number of carbonyl (C=O) groups is 3. The van der Waals surface area contributed by atoms with Gasteiger partial charge in [-0.1, -0.05) is 12.2 Å². The second kappa shape index (κ2) is 4.10. The molecule has 2 bridgehead atoms. The van der Waals surface area contributed by atoms with Gasteiger partial charge in [0.2, 0.25) is 17.7 Å². The predicted octanol–water partition coefficient (Wildman–Crippen LogP) is 1.52. The van der Waals surface area contributed by atoms with Gasteiger partial charge in [0.1, 0.15) is 0 Å². The minimum absolute atomic E-state index is 0.0374. The molecule has 2 heterocycles. The summed E-state index contributed by atoms with van der Waals surface area (Å²) in [5, 5.41) is 0. The van der Waals surface area contributed by atoms with E-state index in [9.17, 15) is 14.4 Å². The molecule has 0 radical (unpaired) electrons. The van der Waals surface area contributed by atoms with Crippen molar-refractivity contribution in [3.63, 3.8) is 0 Å². The summed E-state index contributed by atoms with van der Waals surface area (Å²) in [5.41, 5.74) is 2.35. The van der Waals surface area contributed by atoms with Crippen molar-refractivity contribution in [2.75, 3.05) is 16.8 Å². The van der Waals surface area contributed by atoms with E-state index in [1.807, 2.05) is 12.1 Å². The summed E-state index contributed by atoms with van der Waals surface area (Å²) in [6.45, 7) is 0. The lowest BCUT2D eigenvalue weighted by atomic mass is 9.85. The van der Waals surface area contributed by atoms with E-state index >= 15 is 0 Å². The first kappa shape index (κ1) is 13.0. The summed E-state index contributed by atoms with van der Waals surface area (Å²) in [5.74, 6) is -0.0495. The SMILES string of the molecule is CN1C(=O)Cc2cc(N3C(=O)[C@@H]4[C@H](C3=O)[C@@H]3C=C[C@H]4C3)ccc21. The maximum atomic E-state index is 12.8. The van der Waals surface area contributed by atoms with Crippen LogP contribution in [0.3, 0.4) is 0 Å². The van der Waals surface area contributed by atoms with Crippen molar-refractivity contribution >= 4 is 29.1 Å². The number of fused-ring (bicyclic) bond motifs is 6. The molecule has 1 aromatic rings. The van der Waals surface area contributed by atoms with Crippen LogP contribution in [0.4, 0.5) is 11.4 Å². The number of nitrogens with zero attached hydrogens (tertiary/aromatic N) is 2. The lowest BCUT2D eigenvalue weighted by Crippen LogP contribution is -2.32. The molecule has 116 valence electrons. The lowest BCUT2D eigenvalue weighted by Gasteiger charge is -2.18. The molecule has 1 aromatic carbocycles. The van der Waals surface area contributed by atoms with E-state index in [2.05, 4.69) is 12.2 Å². The molecule has 5 nitrogen and oxygen atoms in total. The summed E-state index contributed by atoms with van der Waals surface area (Å²) >= 11 is 0. The van der Waals surface area contributed by atoms with Crippen LogP contribution in [0.15, 0.2) is 30.4 Å². The zero-order valence-corrected chi connectivity index (χ0v) is 12.7. The Bertz CT molecular complexity index is 782. The van der Waals surface area contributed by atoms with Crippen molar-refractivity contribution in [2.24, 2.45) is 23.7 Å². The van der Waals surface area contributed by atoms with Crippen LogP contribution in [-0.2, 0) is 20.8 Å². The molecule has 2 aliphatic heterocycles. The third-order valence-electron chi connectivity index (χ3n) is 5.87. The van der Waals surface area contributed by atoms with E-state index in [0.717, 1.165) is 17.7 Å². The van der Waals surface area contributed by atoms with Crippen molar-refractivity contribution in [2.45, 2.75) is 12.8 Å². The molecule has 1 saturated heterocycles. The van der Waals surface area contributed by atoms with Crippen LogP contribution in [0, 0.1) is 23.7 Å².